The Hall–Kier alpha value is 0.778. The molecule has 0 heterocycles. The first kappa shape index (κ1) is 26.8. The Bertz CT molecular complexity index is 277. The second-order valence-electron chi connectivity index (χ2n) is 8.61. The molecule has 0 aliphatic heterocycles. The van der Waals surface area contributed by atoms with E-state index in [4.69, 9.17) is 0 Å². The van der Waals surface area contributed by atoms with Gasteiger partial charge in [-0.15, -0.1) is 0 Å². The van der Waals surface area contributed by atoms with Gasteiger partial charge in [-0.2, -0.15) is 0 Å². The third-order valence-electron chi connectivity index (χ3n) is 5.95. The molecule has 0 aromatic carbocycles. The van der Waals surface area contributed by atoms with Gasteiger partial charge in [0.1, 0.15) is 0 Å². The molecule has 0 aliphatic carbocycles. The molecule has 2 atom stereocenters. The summed E-state index contributed by atoms with van der Waals surface area (Å²) in [5.41, 5.74) is 0. The van der Waals surface area contributed by atoms with E-state index in [0.29, 0.717) is 5.92 Å². The standard InChI is InChI=1S/C24H49O.Sb.2H/c1-4-7-10-13-15-18-21-23(20-17-12-9-6-3)24(25)22-19-16-14-11-8-5-2;;;/h23,25H,4-22H2,1-3H3;;;. The van der Waals surface area contributed by atoms with Crippen LogP contribution < -0.4 is 0 Å². The van der Waals surface area contributed by atoms with Crippen LogP contribution >= 0.6 is 0 Å². The molecule has 0 fully saturated rings. The average molecular weight is 477 g/mol. The van der Waals surface area contributed by atoms with E-state index in [1.54, 1.807) is 0 Å². The fourth-order valence-corrected chi connectivity index (χ4v) is 5.56. The van der Waals surface area contributed by atoms with Crippen molar-refractivity contribution in [3.8, 4) is 0 Å². The van der Waals surface area contributed by atoms with E-state index in [0.717, 1.165) is 29.4 Å². The van der Waals surface area contributed by atoms with Crippen molar-refractivity contribution in [3.05, 3.63) is 0 Å². The molecule has 0 bridgehead atoms. The first-order valence-electron chi connectivity index (χ1n) is 12.1. The van der Waals surface area contributed by atoms with Crippen molar-refractivity contribution in [1.29, 1.82) is 0 Å². The minimum atomic E-state index is -0.314. The van der Waals surface area contributed by atoms with Gasteiger partial charge in [0.2, 0.25) is 0 Å². The van der Waals surface area contributed by atoms with Crippen molar-refractivity contribution in [2.24, 2.45) is 5.92 Å². The second kappa shape index (κ2) is 19.1. The molecule has 0 saturated carbocycles. The van der Waals surface area contributed by atoms with Crippen molar-refractivity contribution in [1.82, 2.24) is 0 Å². The zero-order chi connectivity index (χ0) is 19.5. The molecular formula is C24H51OSb. The van der Waals surface area contributed by atoms with Crippen LogP contribution in [0.4, 0.5) is 0 Å². The second-order valence-corrected chi connectivity index (χ2v) is 11.5. The van der Waals surface area contributed by atoms with Crippen LogP contribution in [0, 0.1) is 5.92 Å². The predicted octanol–water partition coefficient (Wildman–Crippen LogP) is 7.40. The quantitative estimate of drug-likeness (QED) is 0.143. The normalized spacial score (nSPS) is 15.1. The van der Waals surface area contributed by atoms with Crippen LogP contribution in [0.3, 0.4) is 0 Å². The van der Waals surface area contributed by atoms with Crippen molar-refractivity contribution in [2.75, 3.05) is 0 Å². The first-order chi connectivity index (χ1) is 12.6. The van der Waals surface area contributed by atoms with Crippen LogP contribution in [0.2, 0.25) is 0 Å². The monoisotopic (exact) mass is 476 g/mol. The summed E-state index contributed by atoms with van der Waals surface area (Å²) in [6.45, 7) is 6.85. The third-order valence-corrected chi connectivity index (χ3v) is 8.12. The number of hydrogen-bond donors (Lipinski definition) is 1. The summed E-state index contributed by atoms with van der Waals surface area (Å²) in [7, 11) is 0. The first-order valence-corrected chi connectivity index (χ1v) is 13.7. The molecular weight excluding hydrogens is 426 g/mol. The van der Waals surface area contributed by atoms with Gasteiger partial charge >= 0.3 is 180 Å². The summed E-state index contributed by atoms with van der Waals surface area (Å²) in [5, 5.41) is 11.2. The molecule has 0 aliphatic rings. The molecule has 0 rings (SSSR count). The van der Waals surface area contributed by atoms with Gasteiger partial charge in [0.15, 0.2) is 0 Å². The summed E-state index contributed by atoms with van der Waals surface area (Å²) >= 11 is 1.02. The van der Waals surface area contributed by atoms with Crippen LogP contribution in [0.1, 0.15) is 143 Å². The van der Waals surface area contributed by atoms with Crippen LogP contribution in [0.15, 0.2) is 0 Å². The fourth-order valence-electron chi connectivity index (χ4n) is 4.03. The molecule has 1 nitrogen and oxygen atoms in total. The molecule has 158 valence electrons. The number of unbranched alkanes of at least 4 members (excludes halogenated alkanes) is 13. The van der Waals surface area contributed by atoms with E-state index in [1.165, 1.54) is 116 Å². The molecule has 0 amide bonds. The predicted molar refractivity (Wildman–Crippen MR) is 122 cm³/mol. The van der Waals surface area contributed by atoms with Gasteiger partial charge in [0, 0.05) is 0 Å². The third kappa shape index (κ3) is 15.8. The van der Waals surface area contributed by atoms with Crippen LogP contribution in [0.25, 0.3) is 0 Å². The molecule has 0 saturated heterocycles. The summed E-state index contributed by atoms with van der Waals surface area (Å²) in [4.78, 5) is 0. The van der Waals surface area contributed by atoms with Gasteiger partial charge in [-0.1, -0.05) is 0 Å². The van der Waals surface area contributed by atoms with Crippen molar-refractivity contribution >= 4 is 23.0 Å². The molecule has 1 N–H and O–H groups in total. The maximum absolute atomic E-state index is 11.2. The fraction of sp³-hybridized carbons (Fsp3) is 1.00. The summed E-state index contributed by atoms with van der Waals surface area (Å²) in [6.07, 6.45) is 25.2. The Kier molecular flexibility index (Phi) is 19.7. The molecule has 2 heteroatoms. The number of rotatable bonds is 20. The zero-order valence-electron chi connectivity index (χ0n) is 18.5. The van der Waals surface area contributed by atoms with Crippen molar-refractivity contribution < 1.29 is 5.11 Å². The SMILES string of the molecule is CCCCCCCCC(CCCCCC)[C](O)([SbH2])CCCCCCCC. The Morgan fingerprint density at radius 3 is 1.38 bits per heavy atom. The number of aliphatic hydroxyl groups is 1. The summed E-state index contributed by atoms with van der Waals surface area (Å²) in [5.74, 6) is 0.573. The van der Waals surface area contributed by atoms with Crippen LogP contribution in [-0.4, -0.2) is 31.7 Å². The Morgan fingerprint density at radius 1 is 0.577 bits per heavy atom. The minimum absolute atomic E-state index is 0.314. The Labute approximate surface area is 180 Å². The molecule has 0 aromatic rings. The molecule has 26 heavy (non-hydrogen) atoms. The van der Waals surface area contributed by atoms with E-state index in [-0.39, 0.29) is 3.55 Å². The van der Waals surface area contributed by atoms with E-state index in [1.807, 2.05) is 0 Å². The Morgan fingerprint density at radius 2 is 0.923 bits per heavy atom. The molecule has 0 radical (unpaired) electrons. The molecule has 2 unspecified atom stereocenters. The van der Waals surface area contributed by atoms with Gasteiger partial charge in [-0.3, -0.25) is 0 Å². The molecule has 0 spiro atoms. The summed E-state index contributed by atoms with van der Waals surface area (Å²) < 4.78 is -0.314. The van der Waals surface area contributed by atoms with Crippen molar-refractivity contribution in [2.45, 2.75) is 146 Å². The van der Waals surface area contributed by atoms with Gasteiger partial charge in [0.25, 0.3) is 0 Å². The Balaban J connectivity index is 4.20. The van der Waals surface area contributed by atoms with Crippen molar-refractivity contribution in [3.63, 3.8) is 0 Å². The van der Waals surface area contributed by atoms with Crippen LogP contribution in [0.5, 0.6) is 0 Å². The zero-order valence-corrected chi connectivity index (χ0v) is 21.8. The van der Waals surface area contributed by atoms with E-state index in [9.17, 15) is 5.11 Å². The summed E-state index contributed by atoms with van der Waals surface area (Å²) in [6, 6.07) is 0. The van der Waals surface area contributed by atoms with Crippen LogP contribution in [-0.2, 0) is 0 Å². The average Bonchev–Trinajstić information content (AvgIpc) is 2.62. The van der Waals surface area contributed by atoms with E-state index in [2.05, 4.69) is 20.8 Å². The van der Waals surface area contributed by atoms with Gasteiger partial charge in [-0.25, -0.2) is 0 Å². The van der Waals surface area contributed by atoms with Gasteiger partial charge in [0.05, 0.1) is 0 Å². The van der Waals surface area contributed by atoms with Gasteiger partial charge in [-0.05, 0) is 0 Å². The van der Waals surface area contributed by atoms with Gasteiger partial charge < -0.3 is 0 Å². The van der Waals surface area contributed by atoms with E-state index < -0.39 is 0 Å². The topological polar surface area (TPSA) is 20.2 Å². The van der Waals surface area contributed by atoms with E-state index >= 15 is 0 Å². The molecule has 0 aromatic heterocycles. The maximum atomic E-state index is 11.2. The number of hydrogen-bond acceptors (Lipinski definition) is 1.